The molecule has 1 aromatic carbocycles. The van der Waals surface area contributed by atoms with Crippen molar-refractivity contribution in [2.75, 3.05) is 41.7 Å². The highest BCUT2D eigenvalue weighted by atomic mass is 32.1. The van der Waals surface area contributed by atoms with E-state index in [0.29, 0.717) is 27.1 Å². The first-order valence-electron chi connectivity index (χ1n) is 9.62. The molecule has 1 aliphatic rings. The lowest BCUT2D eigenvalue weighted by atomic mass is 10.1. The number of nitrogens with one attached hydrogen (secondary N) is 3. The Morgan fingerprint density at radius 2 is 2.00 bits per heavy atom. The topological polar surface area (TPSA) is 115 Å². The smallest absolute Gasteiger partial charge is 0.267 e. The number of thiazole rings is 1. The van der Waals surface area contributed by atoms with Gasteiger partial charge in [-0.05, 0) is 25.5 Å². The van der Waals surface area contributed by atoms with Crippen molar-refractivity contribution in [2.24, 2.45) is 0 Å². The molecule has 4 rings (SSSR count). The van der Waals surface area contributed by atoms with E-state index in [0.717, 1.165) is 37.6 Å². The molecule has 2 aromatic heterocycles. The van der Waals surface area contributed by atoms with Gasteiger partial charge in [-0.25, -0.2) is 15.0 Å². The van der Waals surface area contributed by atoms with Crippen LogP contribution >= 0.6 is 11.3 Å². The van der Waals surface area contributed by atoms with E-state index in [1.807, 2.05) is 13.0 Å². The maximum Gasteiger partial charge on any atom is 0.267 e. The molecule has 0 atom stereocenters. The molecule has 3 aromatic rings. The molecule has 3 heterocycles. The van der Waals surface area contributed by atoms with Gasteiger partial charge in [-0.3, -0.25) is 4.79 Å². The van der Waals surface area contributed by atoms with Gasteiger partial charge in [0.25, 0.3) is 5.91 Å². The van der Waals surface area contributed by atoms with E-state index in [2.05, 4.69) is 35.8 Å². The number of piperazine rings is 1. The standard InChI is InChI=1S/C20H23N7O2S/c1-12-3-4-14(28)13(2)18(12)26-19(29)15-10-22-20(30-15)25-16-9-17(24-11-23-16)27-7-5-21-6-8-27/h3-4,9-11,21,28H,5-8H2,1-2H3,(H,26,29)(H,22,23,24,25). The molecule has 4 N–H and O–H groups in total. The monoisotopic (exact) mass is 425 g/mol. The van der Waals surface area contributed by atoms with Gasteiger partial charge >= 0.3 is 0 Å². The van der Waals surface area contributed by atoms with Crippen LogP contribution in [0.3, 0.4) is 0 Å². The van der Waals surface area contributed by atoms with Crippen LogP contribution in [-0.4, -0.2) is 52.1 Å². The van der Waals surface area contributed by atoms with Crippen molar-refractivity contribution in [1.29, 1.82) is 0 Å². The predicted octanol–water partition coefficient (Wildman–Crippen LogP) is 2.66. The summed E-state index contributed by atoms with van der Waals surface area (Å²) in [6.45, 7) is 7.29. The van der Waals surface area contributed by atoms with Crippen molar-refractivity contribution in [1.82, 2.24) is 20.3 Å². The Kier molecular flexibility index (Phi) is 5.77. The SMILES string of the molecule is Cc1ccc(O)c(C)c1NC(=O)c1cnc(Nc2cc(N3CCNCC3)ncn2)s1. The highest BCUT2D eigenvalue weighted by Gasteiger charge is 2.16. The van der Waals surface area contributed by atoms with Gasteiger partial charge in [0.15, 0.2) is 5.13 Å². The van der Waals surface area contributed by atoms with Crippen molar-refractivity contribution in [3.63, 3.8) is 0 Å². The minimum absolute atomic E-state index is 0.145. The largest absolute Gasteiger partial charge is 0.508 e. The number of carbonyl (C=O) groups is 1. The number of rotatable bonds is 5. The number of amides is 1. The first-order valence-corrected chi connectivity index (χ1v) is 10.4. The Labute approximate surface area is 178 Å². The fourth-order valence-electron chi connectivity index (χ4n) is 3.23. The molecule has 0 unspecified atom stereocenters. The Hall–Kier alpha value is -3.24. The van der Waals surface area contributed by atoms with Crippen molar-refractivity contribution < 1.29 is 9.90 Å². The van der Waals surface area contributed by atoms with Crippen LogP contribution in [0.25, 0.3) is 0 Å². The molecule has 0 saturated carbocycles. The summed E-state index contributed by atoms with van der Waals surface area (Å²) >= 11 is 1.23. The van der Waals surface area contributed by atoms with Gasteiger partial charge in [-0.1, -0.05) is 17.4 Å². The van der Waals surface area contributed by atoms with Gasteiger partial charge in [0.1, 0.15) is 28.6 Å². The van der Waals surface area contributed by atoms with Crippen molar-refractivity contribution in [3.05, 3.63) is 46.7 Å². The lowest BCUT2D eigenvalue weighted by molar-refractivity contribution is 0.103. The molecule has 1 amide bonds. The summed E-state index contributed by atoms with van der Waals surface area (Å²) in [5, 5.41) is 19.8. The highest BCUT2D eigenvalue weighted by Crippen LogP contribution is 2.29. The minimum atomic E-state index is -0.276. The van der Waals surface area contributed by atoms with Gasteiger partial charge < -0.3 is 26.0 Å². The summed E-state index contributed by atoms with van der Waals surface area (Å²) in [4.78, 5) is 28.2. The maximum absolute atomic E-state index is 12.7. The van der Waals surface area contributed by atoms with Crippen molar-refractivity contribution >= 4 is 39.7 Å². The fraction of sp³-hybridized carbons (Fsp3) is 0.300. The zero-order valence-corrected chi connectivity index (χ0v) is 17.6. The second kappa shape index (κ2) is 8.64. The second-order valence-electron chi connectivity index (χ2n) is 7.01. The van der Waals surface area contributed by atoms with Gasteiger partial charge in [0.05, 0.1) is 11.9 Å². The summed E-state index contributed by atoms with van der Waals surface area (Å²) < 4.78 is 0. The third-order valence-electron chi connectivity index (χ3n) is 4.94. The second-order valence-corrected chi connectivity index (χ2v) is 8.04. The van der Waals surface area contributed by atoms with Gasteiger partial charge in [0.2, 0.25) is 0 Å². The first-order chi connectivity index (χ1) is 14.5. The summed E-state index contributed by atoms with van der Waals surface area (Å²) in [5.74, 6) is 1.35. The van der Waals surface area contributed by atoms with Crippen LogP contribution in [0.15, 0.2) is 30.7 Å². The van der Waals surface area contributed by atoms with E-state index in [1.54, 1.807) is 19.1 Å². The summed E-state index contributed by atoms with van der Waals surface area (Å²) in [7, 11) is 0. The van der Waals surface area contributed by atoms with Crippen LogP contribution in [0.2, 0.25) is 0 Å². The number of aromatic hydroxyl groups is 1. The molecule has 0 spiro atoms. The number of carbonyl (C=O) groups excluding carboxylic acids is 1. The number of aromatic nitrogens is 3. The van der Waals surface area contributed by atoms with E-state index in [1.165, 1.54) is 23.9 Å². The summed E-state index contributed by atoms with van der Waals surface area (Å²) in [5.41, 5.74) is 2.12. The lowest BCUT2D eigenvalue weighted by Gasteiger charge is -2.28. The molecule has 0 bridgehead atoms. The van der Waals surface area contributed by atoms with Crippen LogP contribution in [0.4, 0.5) is 22.5 Å². The van der Waals surface area contributed by atoms with Gasteiger partial charge in [-0.15, -0.1) is 0 Å². The number of nitrogens with zero attached hydrogens (tertiary/aromatic N) is 4. The molecule has 0 aliphatic carbocycles. The first kappa shape index (κ1) is 20.0. The van der Waals surface area contributed by atoms with Gasteiger partial charge in [-0.2, -0.15) is 0 Å². The minimum Gasteiger partial charge on any atom is -0.508 e. The molecule has 9 nitrogen and oxygen atoms in total. The van der Waals surface area contributed by atoms with Crippen LogP contribution in [-0.2, 0) is 0 Å². The average molecular weight is 426 g/mol. The van der Waals surface area contributed by atoms with Gasteiger partial charge in [0, 0.05) is 37.8 Å². The molecular formula is C20H23N7O2S. The third-order valence-corrected chi connectivity index (χ3v) is 5.85. The van der Waals surface area contributed by atoms with Crippen LogP contribution in [0.1, 0.15) is 20.8 Å². The summed E-state index contributed by atoms with van der Waals surface area (Å²) in [6.07, 6.45) is 3.04. The molecule has 0 radical (unpaired) electrons. The molecule has 1 aliphatic heterocycles. The van der Waals surface area contributed by atoms with Crippen LogP contribution in [0, 0.1) is 13.8 Å². The van der Waals surface area contributed by atoms with E-state index in [-0.39, 0.29) is 11.7 Å². The molecule has 30 heavy (non-hydrogen) atoms. The number of hydrogen-bond acceptors (Lipinski definition) is 9. The average Bonchev–Trinajstić information content (AvgIpc) is 3.23. The number of hydrogen-bond donors (Lipinski definition) is 4. The number of benzene rings is 1. The Bertz CT molecular complexity index is 1060. The normalized spacial score (nSPS) is 13.9. The molecule has 1 saturated heterocycles. The molecule has 10 heteroatoms. The Morgan fingerprint density at radius 3 is 2.80 bits per heavy atom. The molecule has 156 valence electrons. The number of phenolic OH excluding ortho intramolecular Hbond substituents is 1. The Balaban J connectivity index is 1.46. The highest BCUT2D eigenvalue weighted by molar-refractivity contribution is 7.17. The number of phenols is 1. The van der Waals surface area contributed by atoms with Crippen LogP contribution in [0.5, 0.6) is 5.75 Å². The number of anilines is 4. The summed E-state index contributed by atoms with van der Waals surface area (Å²) in [6, 6.07) is 5.26. The zero-order valence-electron chi connectivity index (χ0n) is 16.8. The van der Waals surface area contributed by atoms with Crippen molar-refractivity contribution in [3.8, 4) is 5.75 Å². The van der Waals surface area contributed by atoms with E-state index >= 15 is 0 Å². The number of aryl methyl sites for hydroxylation is 1. The Morgan fingerprint density at radius 1 is 1.20 bits per heavy atom. The van der Waals surface area contributed by atoms with Crippen molar-refractivity contribution in [2.45, 2.75) is 13.8 Å². The van der Waals surface area contributed by atoms with E-state index < -0.39 is 0 Å². The van der Waals surface area contributed by atoms with Crippen LogP contribution < -0.4 is 20.9 Å². The third kappa shape index (κ3) is 4.34. The quantitative estimate of drug-likeness (QED) is 0.493. The van der Waals surface area contributed by atoms with E-state index in [9.17, 15) is 9.90 Å². The molecular weight excluding hydrogens is 402 g/mol. The maximum atomic E-state index is 12.7. The lowest BCUT2D eigenvalue weighted by Crippen LogP contribution is -2.43. The fourth-order valence-corrected chi connectivity index (χ4v) is 3.95. The molecule has 1 fully saturated rings. The zero-order chi connectivity index (χ0) is 21.1. The predicted molar refractivity (Wildman–Crippen MR) is 118 cm³/mol. The van der Waals surface area contributed by atoms with E-state index in [4.69, 9.17) is 0 Å².